The maximum atomic E-state index is 12.3. The van der Waals surface area contributed by atoms with Gasteiger partial charge in [0.25, 0.3) is 0 Å². The number of hydrogen-bond acceptors (Lipinski definition) is 8. The van der Waals surface area contributed by atoms with Crippen LogP contribution in [0.1, 0.15) is 40.5 Å². The third kappa shape index (κ3) is 10.1. The van der Waals surface area contributed by atoms with Crippen LogP contribution in [-0.2, 0) is 37.7 Å². The summed E-state index contributed by atoms with van der Waals surface area (Å²) < 4.78 is 31.8. The van der Waals surface area contributed by atoms with Crippen molar-refractivity contribution in [2.75, 3.05) is 26.4 Å². The van der Waals surface area contributed by atoms with E-state index >= 15 is 0 Å². The van der Waals surface area contributed by atoms with E-state index in [2.05, 4.69) is 6.58 Å². The molecule has 0 bridgehead atoms. The van der Waals surface area contributed by atoms with Gasteiger partial charge in [-0.25, -0.2) is 9.59 Å². The fourth-order valence-electron chi connectivity index (χ4n) is 2.13. The van der Waals surface area contributed by atoms with Crippen molar-refractivity contribution in [2.24, 2.45) is 5.92 Å². The van der Waals surface area contributed by atoms with Crippen LogP contribution < -0.4 is 0 Å². The van der Waals surface area contributed by atoms with Crippen LogP contribution in [0.15, 0.2) is 23.5 Å². The highest BCUT2D eigenvalue weighted by Crippen LogP contribution is 2.30. The molecule has 0 fully saturated rings. The molecule has 0 aliphatic heterocycles. The summed E-state index contributed by atoms with van der Waals surface area (Å²) in [6, 6.07) is 0. The third-order valence-corrected chi connectivity index (χ3v) is 4.42. The molecule has 0 radical (unpaired) electrons. The van der Waals surface area contributed by atoms with Crippen molar-refractivity contribution >= 4 is 25.9 Å². The Morgan fingerprint density at radius 1 is 0.889 bits per heavy atom. The number of carbonyl (C=O) groups excluding carboxylic acids is 3. The standard InChI is InChI=1S/C18H29O8P/c1-6-23-16(19)13(5)10-14(17(20)24-7-2)11-15(18(21)25-8-3)12-27(22)26-9-4/h12,14,27H,5-11H2,1-4H3. The summed E-state index contributed by atoms with van der Waals surface area (Å²) in [5.41, 5.74) is 0.111. The number of hydrogen-bond donors (Lipinski definition) is 0. The Labute approximate surface area is 160 Å². The Bertz CT molecular complexity index is 582. The summed E-state index contributed by atoms with van der Waals surface area (Å²) in [6.07, 6.45) is -0.191. The molecule has 0 saturated heterocycles. The first-order chi connectivity index (χ1) is 12.8. The molecule has 0 aliphatic rings. The summed E-state index contributed by atoms with van der Waals surface area (Å²) in [5.74, 6) is -1.64. The lowest BCUT2D eigenvalue weighted by Gasteiger charge is -2.17. The molecule has 154 valence electrons. The monoisotopic (exact) mass is 404 g/mol. The van der Waals surface area contributed by atoms with E-state index in [1.165, 1.54) is 5.82 Å². The van der Waals surface area contributed by atoms with Gasteiger partial charge >= 0.3 is 17.9 Å². The van der Waals surface area contributed by atoms with Crippen molar-refractivity contribution in [1.82, 2.24) is 0 Å². The average Bonchev–Trinajstić information content (AvgIpc) is 2.61. The van der Waals surface area contributed by atoms with Crippen LogP contribution in [0.3, 0.4) is 0 Å². The SMILES string of the molecule is C=C(CC(CC(=C[PH](=O)OCC)C(=O)OCC)C(=O)OCC)C(=O)OCC. The summed E-state index contributed by atoms with van der Waals surface area (Å²) in [6.45, 7) is 10.9. The lowest BCUT2D eigenvalue weighted by Crippen LogP contribution is -2.23. The molecule has 0 heterocycles. The molecule has 0 aromatic rings. The quantitative estimate of drug-likeness (QED) is 0.200. The molecule has 0 spiro atoms. The Morgan fingerprint density at radius 3 is 1.96 bits per heavy atom. The van der Waals surface area contributed by atoms with Crippen LogP contribution >= 0.6 is 8.03 Å². The van der Waals surface area contributed by atoms with Crippen molar-refractivity contribution in [2.45, 2.75) is 40.5 Å². The van der Waals surface area contributed by atoms with Gasteiger partial charge in [-0.05, 0) is 40.5 Å². The Balaban J connectivity index is 5.54. The minimum atomic E-state index is -2.62. The lowest BCUT2D eigenvalue weighted by molar-refractivity contribution is -0.148. The molecule has 0 amide bonds. The molecule has 0 rings (SSSR count). The predicted octanol–water partition coefficient (Wildman–Crippen LogP) is 3.02. The van der Waals surface area contributed by atoms with Gasteiger partial charge in [-0.1, -0.05) is 6.58 Å². The highest BCUT2D eigenvalue weighted by molar-refractivity contribution is 7.42. The van der Waals surface area contributed by atoms with Gasteiger partial charge in [-0.2, -0.15) is 0 Å². The van der Waals surface area contributed by atoms with E-state index in [-0.39, 0.29) is 50.4 Å². The van der Waals surface area contributed by atoms with Crippen LogP contribution in [0, 0.1) is 5.92 Å². The Kier molecular flexibility index (Phi) is 13.2. The van der Waals surface area contributed by atoms with E-state index in [1.807, 2.05) is 0 Å². The van der Waals surface area contributed by atoms with Gasteiger partial charge < -0.3 is 18.7 Å². The molecule has 0 aliphatic carbocycles. The molecule has 0 aromatic carbocycles. The topological polar surface area (TPSA) is 105 Å². The second kappa shape index (κ2) is 14.2. The predicted molar refractivity (Wildman–Crippen MR) is 100 cm³/mol. The first-order valence-corrected chi connectivity index (χ1v) is 10.3. The fourth-order valence-corrected chi connectivity index (χ4v) is 3.02. The molecule has 2 unspecified atom stereocenters. The highest BCUT2D eigenvalue weighted by atomic mass is 31.1. The van der Waals surface area contributed by atoms with E-state index in [1.54, 1.807) is 27.7 Å². The molecule has 0 saturated carbocycles. The summed E-state index contributed by atoms with van der Waals surface area (Å²) in [7, 11) is -2.62. The van der Waals surface area contributed by atoms with E-state index < -0.39 is 31.9 Å². The first kappa shape index (κ1) is 25.1. The van der Waals surface area contributed by atoms with Crippen molar-refractivity contribution < 1.29 is 37.7 Å². The molecular formula is C18H29O8P. The van der Waals surface area contributed by atoms with Crippen LogP contribution in [0.5, 0.6) is 0 Å². The van der Waals surface area contributed by atoms with Crippen LogP contribution in [0.25, 0.3) is 0 Å². The maximum absolute atomic E-state index is 12.3. The van der Waals surface area contributed by atoms with Crippen molar-refractivity contribution in [1.29, 1.82) is 0 Å². The first-order valence-electron chi connectivity index (χ1n) is 8.86. The third-order valence-electron chi connectivity index (χ3n) is 3.26. The zero-order valence-electron chi connectivity index (χ0n) is 16.4. The Hall–Kier alpha value is -1.92. The normalized spacial score (nSPS) is 13.4. The van der Waals surface area contributed by atoms with Gasteiger partial charge in [0.2, 0.25) is 8.03 Å². The van der Waals surface area contributed by atoms with Crippen molar-refractivity contribution in [3.8, 4) is 0 Å². The zero-order valence-corrected chi connectivity index (χ0v) is 17.4. The number of rotatable bonds is 13. The van der Waals surface area contributed by atoms with Crippen LogP contribution in [0.4, 0.5) is 0 Å². The fraction of sp³-hybridized carbons (Fsp3) is 0.611. The summed E-state index contributed by atoms with van der Waals surface area (Å²) >= 11 is 0. The molecule has 0 aromatic heterocycles. The number of esters is 3. The van der Waals surface area contributed by atoms with Gasteiger partial charge in [0.1, 0.15) is 0 Å². The lowest BCUT2D eigenvalue weighted by atomic mass is 9.93. The van der Waals surface area contributed by atoms with Gasteiger partial charge in [-0.3, -0.25) is 9.36 Å². The van der Waals surface area contributed by atoms with Gasteiger partial charge in [0.05, 0.1) is 32.3 Å². The number of ether oxygens (including phenoxy) is 3. The van der Waals surface area contributed by atoms with E-state index in [0.717, 1.165) is 0 Å². The molecule has 0 N–H and O–H groups in total. The second-order valence-corrected chi connectivity index (χ2v) is 6.54. The molecule has 9 heteroatoms. The minimum absolute atomic E-state index is 0.0314. The second-order valence-electron chi connectivity index (χ2n) is 5.32. The van der Waals surface area contributed by atoms with Crippen LogP contribution in [-0.4, -0.2) is 44.3 Å². The Morgan fingerprint density at radius 2 is 1.44 bits per heavy atom. The van der Waals surface area contributed by atoms with E-state index in [4.69, 9.17) is 18.7 Å². The van der Waals surface area contributed by atoms with Gasteiger partial charge in [0.15, 0.2) is 0 Å². The maximum Gasteiger partial charge on any atom is 0.334 e. The smallest absolute Gasteiger partial charge is 0.334 e. The van der Waals surface area contributed by atoms with Gasteiger partial charge in [-0.15, -0.1) is 0 Å². The minimum Gasteiger partial charge on any atom is -0.466 e. The molecule has 8 nitrogen and oxygen atoms in total. The van der Waals surface area contributed by atoms with Gasteiger partial charge in [0, 0.05) is 17.0 Å². The average molecular weight is 404 g/mol. The summed E-state index contributed by atoms with van der Waals surface area (Å²) in [5, 5.41) is 0. The largest absolute Gasteiger partial charge is 0.466 e. The van der Waals surface area contributed by atoms with Crippen LogP contribution in [0.2, 0.25) is 0 Å². The van der Waals surface area contributed by atoms with Crippen molar-refractivity contribution in [3.05, 3.63) is 23.5 Å². The molecular weight excluding hydrogens is 375 g/mol. The highest BCUT2D eigenvalue weighted by Gasteiger charge is 2.28. The molecule has 2 atom stereocenters. The zero-order chi connectivity index (χ0) is 20.8. The van der Waals surface area contributed by atoms with E-state index in [9.17, 15) is 18.9 Å². The molecule has 27 heavy (non-hydrogen) atoms. The summed E-state index contributed by atoms with van der Waals surface area (Å²) in [4.78, 5) is 36.3. The van der Waals surface area contributed by atoms with E-state index in [0.29, 0.717) is 0 Å². The van der Waals surface area contributed by atoms with Crippen molar-refractivity contribution in [3.63, 3.8) is 0 Å². The number of carbonyl (C=O) groups is 3.